The fourth-order valence-electron chi connectivity index (χ4n) is 1.91. The second-order valence-corrected chi connectivity index (χ2v) is 4.68. The Morgan fingerprint density at radius 2 is 2.14 bits per heavy atom. The first-order valence-corrected chi connectivity index (χ1v) is 6.51. The van der Waals surface area contributed by atoms with E-state index in [1.165, 1.54) is 16.8 Å². The topological polar surface area (TPSA) is 61.9 Å². The number of halogens is 1. The molecule has 0 spiro atoms. The van der Waals surface area contributed by atoms with E-state index in [0.717, 1.165) is 18.3 Å². The van der Waals surface area contributed by atoms with Gasteiger partial charge < -0.3 is 4.90 Å². The molecular formula is C15H15FN4O. The number of hydrogen-bond acceptors (Lipinski definition) is 4. The summed E-state index contributed by atoms with van der Waals surface area (Å²) in [4.78, 5) is 13.9. The average Bonchev–Trinajstić information content (AvgIpc) is 2.47. The molecule has 108 valence electrons. The van der Waals surface area contributed by atoms with Crippen molar-refractivity contribution in [2.24, 2.45) is 0 Å². The van der Waals surface area contributed by atoms with Crippen LogP contribution in [0.25, 0.3) is 0 Å². The first-order valence-electron chi connectivity index (χ1n) is 6.51. The van der Waals surface area contributed by atoms with Gasteiger partial charge in [-0.05, 0) is 30.7 Å². The molecule has 0 unspecified atom stereocenters. The van der Waals surface area contributed by atoms with Gasteiger partial charge in [0.15, 0.2) is 0 Å². The number of benzene rings is 1. The van der Waals surface area contributed by atoms with Crippen molar-refractivity contribution in [1.82, 2.24) is 9.78 Å². The third kappa shape index (κ3) is 3.45. The van der Waals surface area contributed by atoms with Crippen LogP contribution in [0.3, 0.4) is 0 Å². The molecule has 2 aromatic rings. The van der Waals surface area contributed by atoms with Gasteiger partial charge in [0.25, 0.3) is 5.56 Å². The van der Waals surface area contributed by atoms with Crippen LogP contribution >= 0.6 is 0 Å². The Hall–Kier alpha value is -2.68. The number of anilines is 1. The predicted octanol–water partition coefficient (Wildman–Crippen LogP) is 1.76. The molecule has 0 amide bonds. The van der Waals surface area contributed by atoms with Gasteiger partial charge in [-0.25, -0.2) is 9.07 Å². The SMILES string of the molecule is CCN(C)c1cnn(Cc2cc(F)cc(C#N)c2)c(=O)c1. The Labute approximate surface area is 121 Å². The van der Waals surface area contributed by atoms with E-state index in [2.05, 4.69) is 5.10 Å². The molecule has 0 N–H and O–H groups in total. The number of aromatic nitrogens is 2. The normalized spacial score (nSPS) is 10.2. The molecule has 0 bridgehead atoms. The first-order chi connectivity index (χ1) is 10.0. The van der Waals surface area contributed by atoms with Crippen molar-refractivity contribution in [3.8, 4) is 6.07 Å². The van der Waals surface area contributed by atoms with Crippen molar-refractivity contribution >= 4 is 5.69 Å². The maximum Gasteiger partial charge on any atom is 0.269 e. The Bertz CT molecular complexity index is 748. The molecule has 21 heavy (non-hydrogen) atoms. The van der Waals surface area contributed by atoms with Crippen molar-refractivity contribution in [2.45, 2.75) is 13.5 Å². The highest BCUT2D eigenvalue weighted by molar-refractivity contribution is 5.41. The molecule has 0 saturated heterocycles. The van der Waals surface area contributed by atoms with Gasteiger partial charge in [-0.3, -0.25) is 4.79 Å². The highest BCUT2D eigenvalue weighted by Crippen LogP contribution is 2.10. The standard InChI is InChI=1S/C15H15FN4O/c1-3-19(2)14-7-15(21)20(18-9-14)10-12-4-11(8-17)5-13(16)6-12/h4-7,9H,3,10H2,1-2H3. The van der Waals surface area contributed by atoms with Gasteiger partial charge in [0.1, 0.15) is 5.82 Å². The smallest absolute Gasteiger partial charge is 0.269 e. The lowest BCUT2D eigenvalue weighted by molar-refractivity contribution is 0.609. The number of hydrogen-bond donors (Lipinski definition) is 0. The summed E-state index contributed by atoms with van der Waals surface area (Å²) in [5.74, 6) is -0.501. The first kappa shape index (κ1) is 14.7. The maximum atomic E-state index is 13.4. The van der Waals surface area contributed by atoms with Crippen LogP contribution in [-0.2, 0) is 6.54 Å². The predicted molar refractivity (Wildman–Crippen MR) is 77.7 cm³/mol. The molecule has 5 nitrogen and oxygen atoms in total. The van der Waals surface area contributed by atoms with Crippen molar-refractivity contribution in [3.63, 3.8) is 0 Å². The molecular weight excluding hydrogens is 271 g/mol. The van der Waals surface area contributed by atoms with E-state index in [1.54, 1.807) is 12.3 Å². The highest BCUT2D eigenvalue weighted by Gasteiger charge is 2.06. The van der Waals surface area contributed by atoms with Gasteiger partial charge in [0.05, 0.1) is 30.1 Å². The third-order valence-electron chi connectivity index (χ3n) is 3.19. The Morgan fingerprint density at radius 1 is 1.38 bits per heavy atom. The van der Waals surface area contributed by atoms with Crippen LogP contribution in [0.4, 0.5) is 10.1 Å². The molecule has 0 fully saturated rings. The van der Waals surface area contributed by atoms with Crippen LogP contribution < -0.4 is 10.5 Å². The van der Waals surface area contributed by atoms with Crippen LogP contribution in [0.1, 0.15) is 18.1 Å². The zero-order valence-corrected chi connectivity index (χ0v) is 11.9. The number of nitrogens with zero attached hydrogens (tertiary/aromatic N) is 4. The number of rotatable bonds is 4. The van der Waals surface area contributed by atoms with E-state index >= 15 is 0 Å². The van der Waals surface area contributed by atoms with E-state index in [1.807, 2.05) is 24.9 Å². The monoisotopic (exact) mass is 286 g/mol. The van der Waals surface area contributed by atoms with Crippen molar-refractivity contribution in [3.05, 3.63) is 57.8 Å². The van der Waals surface area contributed by atoms with Gasteiger partial charge >= 0.3 is 0 Å². The summed E-state index contributed by atoms with van der Waals surface area (Å²) in [5, 5.41) is 12.9. The Balaban J connectivity index is 2.30. The third-order valence-corrected chi connectivity index (χ3v) is 3.19. The summed E-state index contributed by atoms with van der Waals surface area (Å²) >= 11 is 0. The van der Waals surface area contributed by atoms with Crippen LogP contribution in [-0.4, -0.2) is 23.4 Å². The van der Waals surface area contributed by atoms with Gasteiger partial charge in [-0.2, -0.15) is 10.4 Å². The zero-order valence-electron chi connectivity index (χ0n) is 11.9. The molecule has 6 heteroatoms. The molecule has 1 heterocycles. The summed E-state index contributed by atoms with van der Waals surface area (Å²) in [6.07, 6.45) is 1.59. The van der Waals surface area contributed by atoms with Gasteiger partial charge in [-0.15, -0.1) is 0 Å². The van der Waals surface area contributed by atoms with Crippen LogP contribution in [0, 0.1) is 17.1 Å². The van der Waals surface area contributed by atoms with E-state index in [0.29, 0.717) is 5.56 Å². The minimum Gasteiger partial charge on any atom is -0.373 e. The van der Waals surface area contributed by atoms with Gasteiger partial charge in [0, 0.05) is 19.7 Å². The lowest BCUT2D eigenvalue weighted by Gasteiger charge is -2.16. The summed E-state index contributed by atoms with van der Waals surface area (Å²) in [6, 6.07) is 7.36. The minimum absolute atomic E-state index is 0.126. The minimum atomic E-state index is -0.501. The molecule has 2 rings (SSSR count). The summed E-state index contributed by atoms with van der Waals surface area (Å²) in [6.45, 7) is 2.86. The lowest BCUT2D eigenvalue weighted by Crippen LogP contribution is -2.26. The number of nitriles is 1. The van der Waals surface area contributed by atoms with Gasteiger partial charge in [-0.1, -0.05) is 0 Å². The molecule has 0 aliphatic carbocycles. The van der Waals surface area contributed by atoms with Crippen LogP contribution in [0.2, 0.25) is 0 Å². The van der Waals surface area contributed by atoms with Crippen molar-refractivity contribution in [2.75, 3.05) is 18.5 Å². The van der Waals surface area contributed by atoms with E-state index in [4.69, 9.17) is 5.26 Å². The zero-order chi connectivity index (χ0) is 15.4. The van der Waals surface area contributed by atoms with E-state index < -0.39 is 5.82 Å². The van der Waals surface area contributed by atoms with E-state index in [9.17, 15) is 9.18 Å². The maximum absolute atomic E-state index is 13.4. The highest BCUT2D eigenvalue weighted by atomic mass is 19.1. The fraction of sp³-hybridized carbons (Fsp3) is 0.267. The molecule has 0 saturated carbocycles. The lowest BCUT2D eigenvalue weighted by atomic mass is 10.1. The summed E-state index contributed by atoms with van der Waals surface area (Å²) in [5.41, 5.74) is 1.21. The van der Waals surface area contributed by atoms with Crippen LogP contribution in [0.5, 0.6) is 0 Å². The van der Waals surface area contributed by atoms with Crippen LogP contribution in [0.15, 0.2) is 35.3 Å². The average molecular weight is 286 g/mol. The largest absolute Gasteiger partial charge is 0.373 e. The molecule has 0 radical (unpaired) electrons. The molecule has 0 atom stereocenters. The van der Waals surface area contributed by atoms with Crippen molar-refractivity contribution < 1.29 is 4.39 Å². The molecule has 0 aliphatic heterocycles. The van der Waals surface area contributed by atoms with Crippen molar-refractivity contribution in [1.29, 1.82) is 5.26 Å². The quantitative estimate of drug-likeness (QED) is 0.859. The van der Waals surface area contributed by atoms with Gasteiger partial charge in [0.2, 0.25) is 0 Å². The Kier molecular flexibility index (Phi) is 4.33. The second-order valence-electron chi connectivity index (χ2n) is 4.68. The summed E-state index contributed by atoms with van der Waals surface area (Å²) < 4.78 is 14.6. The summed E-state index contributed by atoms with van der Waals surface area (Å²) in [7, 11) is 1.87. The fourth-order valence-corrected chi connectivity index (χ4v) is 1.91. The molecule has 1 aromatic heterocycles. The second kappa shape index (κ2) is 6.18. The van der Waals surface area contributed by atoms with E-state index in [-0.39, 0.29) is 17.7 Å². The molecule has 1 aromatic carbocycles. The molecule has 0 aliphatic rings. The Morgan fingerprint density at radius 3 is 2.76 bits per heavy atom.